The van der Waals surface area contributed by atoms with E-state index in [2.05, 4.69) is 29.8 Å². The molecule has 7 nitrogen and oxygen atoms in total. The standard InChI is InChI=1S/C20H31N3O4S2/c1-16(2)12-23-17(13-22(7-8-24)14-19-6-4-10-28-19)11-21-20(23)29(25,26)15-18-5-3-9-27-18/h4,6,10-11,16,18,24H,3,5,7-9,12-15H2,1-2H3. The van der Waals surface area contributed by atoms with Crippen LogP contribution in [0.4, 0.5) is 0 Å². The van der Waals surface area contributed by atoms with Crippen molar-refractivity contribution in [3.05, 3.63) is 34.3 Å². The number of hydrogen-bond donors (Lipinski definition) is 1. The molecule has 162 valence electrons. The molecule has 1 aliphatic heterocycles. The van der Waals surface area contributed by atoms with Gasteiger partial charge in [-0.3, -0.25) is 4.90 Å². The summed E-state index contributed by atoms with van der Waals surface area (Å²) >= 11 is 1.67. The number of imidazole rings is 1. The molecular weight excluding hydrogens is 410 g/mol. The SMILES string of the molecule is CC(C)Cn1c(CN(CCO)Cc2cccs2)cnc1S(=O)(=O)CC1CCCO1. The molecule has 0 aliphatic carbocycles. The van der Waals surface area contributed by atoms with Gasteiger partial charge in [-0.1, -0.05) is 19.9 Å². The van der Waals surface area contributed by atoms with Gasteiger partial charge in [0.05, 0.1) is 30.4 Å². The van der Waals surface area contributed by atoms with Gasteiger partial charge < -0.3 is 14.4 Å². The van der Waals surface area contributed by atoms with Crippen molar-refractivity contribution in [2.24, 2.45) is 5.92 Å². The van der Waals surface area contributed by atoms with Crippen LogP contribution in [0.3, 0.4) is 0 Å². The van der Waals surface area contributed by atoms with Gasteiger partial charge in [0.15, 0.2) is 0 Å². The second-order valence-corrected chi connectivity index (χ2v) is 10.9. The monoisotopic (exact) mass is 441 g/mol. The summed E-state index contributed by atoms with van der Waals surface area (Å²) in [5.74, 6) is 0.264. The normalized spacial score (nSPS) is 17.6. The van der Waals surface area contributed by atoms with Crippen LogP contribution in [-0.2, 0) is 34.2 Å². The Bertz CT molecular complexity index is 856. The van der Waals surface area contributed by atoms with Crippen molar-refractivity contribution in [3.63, 3.8) is 0 Å². The molecular formula is C20H31N3O4S2. The largest absolute Gasteiger partial charge is 0.395 e. The summed E-state index contributed by atoms with van der Waals surface area (Å²) in [7, 11) is -3.54. The van der Waals surface area contributed by atoms with Crippen LogP contribution >= 0.6 is 11.3 Å². The maximum absolute atomic E-state index is 13.1. The van der Waals surface area contributed by atoms with Gasteiger partial charge in [0.25, 0.3) is 0 Å². The van der Waals surface area contributed by atoms with Gasteiger partial charge in [0, 0.05) is 37.7 Å². The lowest BCUT2D eigenvalue weighted by molar-refractivity contribution is 0.127. The minimum Gasteiger partial charge on any atom is -0.395 e. The third kappa shape index (κ3) is 6.11. The Morgan fingerprint density at radius 3 is 2.86 bits per heavy atom. The number of aliphatic hydroxyl groups is 1. The van der Waals surface area contributed by atoms with E-state index in [0.717, 1.165) is 18.5 Å². The van der Waals surface area contributed by atoms with E-state index in [-0.39, 0.29) is 29.5 Å². The number of ether oxygens (including phenoxy) is 1. The Morgan fingerprint density at radius 1 is 1.41 bits per heavy atom. The molecule has 0 saturated carbocycles. The maximum atomic E-state index is 13.1. The first kappa shape index (κ1) is 22.4. The van der Waals surface area contributed by atoms with Crippen LogP contribution in [0.2, 0.25) is 0 Å². The average Bonchev–Trinajstić information content (AvgIpc) is 3.38. The van der Waals surface area contributed by atoms with Crippen molar-refractivity contribution in [1.29, 1.82) is 0 Å². The molecule has 1 saturated heterocycles. The van der Waals surface area contributed by atoms with E-state index in [4.69, 9.17) is 4.74 Å². The first-order valence-corrected chi connectivity index (χ1v) is 12.7. The number of aromatic nitrogens is 2. The molecule has 3 heterocycles. The quantitative estimate of drug-likeness (QED) is 0.577. The lowest BCUT2D eigenvalue weighted by Crippen LogP contribution is -2.28. The van der Waals surface area contributed by atoms with Crippen molar-refractivity contribution < 1.29 is 18.3 Å². The molecule has 0 amide bonds. The summed E-state index contributed by atoms with van der Waals surface area (Å²) in [5, 5.41) is 11.7. The Morgan fingerprint density at radius 2 is 2.24 bits per heavy atom. The van der Waals surface area contributed by atoms with E-state index < -0.39 is 9.84 Å². The zero-order valence-electron chi connectivity index (χ0n) is 17.2. The van der Waals surface area contributed by atoms with Crippen LogP contribution in [0.25, 0.3) is 0 Å². The first-order chi connectivity index (χ1) is 13.9. The van der Waals surface area contributed by atoms with Crippen molar-refractivity contribution in [2.75, 3.05) is 25.5 Å². The van der Waals surface area contributed by atoms with E-state index in [1.807, 2.05) is 16.0 Å². The Balaban J connectivity index is 1.83. The minimum atomic E-state index is -3.54. The van der Waals surface area contributed by atoms with E-state index in [1.165, 1.54) is 4.88 Å². The number of thiophene rings is 1. The second-order valence-electron chi connectivity index (χ2n) is 7.97. The summed E-state index contributed by atoms with van der Waals surface area (Å²) in [6, 6.07) is 4.08. The number of hydrogen-bond acceptors (Lipinski definition) is 7. The lowest BCUT2D eigenvalue weighted by Gasteiger charge is -2.22. The summed E-state index contributed by atoms with van der Waals surface area (Å²) in [4.78, 5) is 7.66. The molecule has 9 heteroatoms. The predicted molar refractivity (Wildman–Crippen MR) is 114 cm³/mol. The smallest absolute Gasteiger partial charge is 0.227 e. The van der Waals surface area contributed by atoms with Gasteiger partial charge in [-0.25, -0.2) is 13.4 Å². The highest BCUT2D eigenvalue weighted by molar-refractivity contribution is 7.91. The van der Waals surface area contributed by atoms with E-state index in [0.29, 0.717) is 32.8 Å². The van der Waals surface area contributed by atoms with Crippen LogP contribution in [0.1, 0.15) is 37.3 Å². The van der Waals surface area contributed by atoms with E-state index >= 15 is 0 Å². The molecule has 1 aliphatic rings. The van der Waals surface area contributed by atoms with Crippen molar-refractivity contribution in [2.45, 2.75) is 57.6 Å². The molecule has 1 atom stereocenters. The molecule has 29 heavy (non-hydrogen) atoms. The van der Waals surface area contributed by atoms with Crippen LogP contribution in [-0.4, -0.2) is 59.6 Å². The van der Waals surface area contributed by atoms with Gasteiger partial charge in [0.2, 0.25) is 15.0 Å². The fourth-order valence-electron chi connectivity index (χ4n) is 3.63. The van der Waals surface area contributed by atoms with Crippen LogP contribution < -0.4 is 0 Å². The van der Waals surface area contributed by atoms with Gasteiger partial charge in [0.1, 0.15) is 0 Å². The minimum absolute atomic E-state index is 0.0168. The molecule has 0 spiro atoms. The predicted octanol–water partition coefficient (Wildman–Crippen LogP) is 2.55. The summed E-state index contributed by atoms with van der Waals surface area (Å²) < 4.78 is 33.5. The number of rotatable bonds is 11. The van der Waals surface area contributed by atoms with Crippen LogP contribution in [0.5, 0.6) is 0 Å². The topological polar surface area (TPSA) is 84.7 Å². The van der Waals surface area contributed by atoms with E-state index in [9.17, 15) is 13.5 Å². The highest BCUT2D eigenvalue weighted by Crippen LogP contribution is 2.22. The fourth-order valence-corrected chi connectivity index (χ4v) is 6.02. The van der Waals surface area contributed by atoms with Crippen molar-refractivity contribution >= 4 is 21.2 Å². The first-order valence-electron chi connectivity index (χ1n) is 10.1. The molecule has 0 aromatic carbocycles. The molecule has 3 rings (SSSR count). The van der Waals surface area contributed by atoms with Gasteiger partial charge in [-0.2, -0.15) is 0 Å². The Labute approximate surface area is 177 Å². The maximum Gasteiger partial charge on any atom is 0.227 e. The molecule has 1 unspecified atom stereocenters. The molecule has 2 aromatic rings. The lowest BCUT2D eigenvalue weighted by atomic mass is 10.2. The van der Waals surface area contributed by atoms with Gasteiger partial charge in [-0.05, 0) is 30.2 Å². The molecule has 0 radical (unpaired) electrons. The fraction of sp³-hybridized carbons (Fsp3) is 0.650. The zero-order valence-corrected chi connectivity index (χ0v) is 18.8. The van der Waals surface area contributed by atoms with Gasteiger partial charge >= 0.3 is 0 Å². The molecule has 2 aromatic heterocycles. The molecule has 1 N–H and O–H groups in total. The summed E-state index contributed by atoms with van der Waals surface area (Å²) in [6.45, 7) is 7.16. The Kier molecular flexibility index (Phi) is 7.86. The summed E-state index contributed by atoms with van der Waals surface area (Å²) in [5.41, 5.74) is 0.856. The number of nitrogens with zero attached hydrogens (tertiary/aromatic N) is 3. The van der Waals surface area contributed by atoms with Crippen LogP contribution in [0, 0.1) is 5.92 Å². The van der Waals surface area contributed by atoms with E-state index in [1.54, 1.807) is 17.5 Å². The zero-order chi connectivity index (χ0) is 20.9. The number of aliphatic hydroxyl groups excluding tert-OH is 1. The third-order valence-corrected chi connectivity index (χ3v) is 7.47. The van der Waals surface area contributed by atoms with Gasteiger partial charge in [-0.15, -0.1) is 11.3 Å². The average molecular weight is 442 g/mol. The van der Waals surface area contributed by atoms with Crippen LogP contribution in [0.15, 0.2) is 28.9 Å². The second kappa shape index (κ2) is 10.2. The highest BCUT2D eigenvalue weighted by Gasteiger charge is 2.30. The highest BCUT2D eigenvalue weighted by atomic mass is 32.2. The summed E-state index contributed by atoms with van der Waals surface area (Å²) in [6.07, 6.45) is 3.12. The van der Waals surface area contributed by atoms with Crippen molar-refractivity contribution in [3.8, 4) is 0 Å². The number of sulfone groups is 1. The molecule has 1 fully saturated rings. The third-order valence-electron chi connectivity index (χ3n) is 4.92. The Hall–Kier alpha value is -1.26. The molecule has 0 bridgehead atoms. The van der Waals surface area contributed by atoms with Crippen molar-refractivity contribution in [1.82, 2.24) is 14.5 Å².